The molecule has 0 bridgehead atoms. The molecule has 5 heteroatoms. The molecule has 4 nitrogen and oxygen atoms in total. The Bertz CT molecular complexity index is 717. The highest BCUT2D eigenvalue weighted by Gasteiger charge is 2.16. The Balaban J connectivity index is 2.11. The van der Waals surface area contributed by atoms with Gasteiger partial charge in [0.15, 0.2) is 0 Å². The van der Waals surface area contributed by atoms with Gasteiger partial charge in [-0.3, -0.25) is 0 Å². The van der Waals surface area contributed by atoms with Gasteiger partial charge >= 0.3 is 10.1 Å². The molecule has 124 valence electrons. The summed E-state index contributed by atoms with van der Waals surface area (Å²) in [6.07, 6.45) is 0.778. The van der Waals surface area contributed by atoms with E-state index in [0.717, 1.165) is 17.5 Å². The Hall–Kier alpha value is -1.85. The van der Waals surface area contributed by atoms with Gasteiger partial charge in [0, 0.05) is 7.11 Å². The van der Waals surface area contributed by atoms with Crippen molar-refractivity contribution in [1.29, 1.82) is 0 Å². The Morgan fingerprint density at radius 3 is 2.09 bits per heavy atom. The van der Waals surface area contributed by atoms with Crippen molar-refractivity contribution >= 4 is 10.1 Å². The minimum Gasteiger partial charge on any atom is -0.384 e. The third kappa shape index (κ3) is 4.81. The van der Waals surface area contributed by atoms with Gasteiger partial charge in [0.1, 0.15) is 10.6 Å². The van der Waals surface area contributed by atoms with E-state index in [-0.39, 0.29) is 4.90 Å². The van der Waals surface area contributed by atoms with E-state index in [1.165, 1.54) is 0 Å². The van der Waals surface area contributed by atoms with E-state index < -0.39 is 10.1 Å². The molecular formula is C18H22O4S. The van der Waals surface area contributed by atoms with E-state index in [4.69, 9.17) is 8.92 Å². The third-order valence-corrected chi connectivity index (χ3v) is 4.82. The lowest BCUT2D eigenvalue weighted by atomic mass is 10.0. The van der Waals surface area contributed by atoms with E-state index in [9.17, 15) is 8.42 Å². The quantitative estimate of drug-likeness (QED) is 0.723. The molecule has 0 aromatic heterocycles. The minimum absolute atomic E-state index is 0.158. The SMILES string of the molecule is COCCc1ccc(OS(=O)(=O)c2ccc(C(C)C)cc2)cc1. The molecule has 2 aromatic carbocycles. The first-order chi connectivity index (χ1) is 10.9. The van der Waals surface area contributed by atoms with Crippen LogP contribution in [-0.2, 0) is 21.3 Å². The minimum atomic E-state index is -3.81. The van der Waals surface area contributed by atoms with Gasteiger partial charge in [-0.25, -0.2) is 0 Å². The van der Waals surface area contributed by atoms with Gasteiger partial charge in [-0.2, -0.15) is 8.42 Å². The van der Waals surface area contributed by atoms with Crippen molar-refractivity contribution in [3.8, 4) is 5.75 Å². The monoisotopic (exact) mass is 334 g/mol. The zero-order valence-electron chi connectivity index (χ0n) is 13.7. The summed E-state index contributed by atoms with van der Waals surface area (Å²) in [5.74, 6) is 0.659. The Morgan fingerprint density at radius 1 is 0.957 bits per heavy atom. The fourth-order valence-electron chi connectivity index (χ4n) is 2.13. The summed E-state index contributed by atoms with van der Waals surface area (Å²) in [5.41, 5.74) is 2.16. The first-order valence-corrected chi connectivity index (χ1v) is 8.95. The number of hydrogen-bond acceptors (Lipinski definition) is 4. The van der Waals surface area contributed by atoms with Gasteiger partial charge in [0.05, 0.1) is 6.61 Å². The van der Waals surface area contributed by atoms with E-state index in [1.54, 1.807) is 31.4 Å². The smallest absolute Gasteiger partial charge is 0.339 e. The maximum Gasteiger partial charge on any atom is 0.339 e. The van der Waals surface area contributed by atoms with Crippen molar-refractivity contribution in [2.45, 2.75) is 31.1 Å². The number of methoxy groups -OCH3 is 1. The number of ether oxygens (including phenoxy) is 1. The van der Waals surface area contributed by atoms with Gasteiger partial charge in [-0.1, -0.05) is 38.1 Å². The van der Waals surface area contributed by atoms with Crippen LogP contribution in [0.15, 0.2) is 53.4 Å². The van der Waals surface area contributed by atoms with Gasteiger partial charge in [0.2, 0.25) is 0 Å². The van der Waals surface area contributed by atoms with Crippen LogP contribution in [0.4, 0.5) is 0 Å². The normalized spacial score (nSPS) is 11.7. The van der Waals surface area contributed by atoms with Crippen molar-refractivity contribution in [2.24, 2.45) is 0 Å². The molecule has 0 aliphatic carbocycles. The van der Waals surface area contributed by atoms with Crippen molar-refractivity contribution in [3.63, 3.8) is 0 Å². The molecule has 0 atom stereocenters. The van der Waals surface area contributed by atoms with E-state index >= 15 is 0 Å². The topological polar surface area (TPSA) is 52.6 Å². The first-order valence-electron chi connectivity index (χ1n) is 7.54. The zero-order valence-corrected chi connectivity index (χ0v) is 14.5. The zero-order chi connectivity index (χ0) is 16.9. The molecule has 0 spiro atoms. The van der Waals surface area contributed by atoms with Crippen molar-refractivity contribution in [2.75, 3.05) is 13.7 Å². The average molecular weight is 334 g/mol. The van der Waals surface area contributed by atoms with Crippen LogP contribution < -0.4 is 4.18 Å². The van der Waals surface area contributed by atoms with Crippen molar-refractivity contribution < 1.29 is 17.3 Å². The van der Waals surface area contributed by atoms with Gasteiger partial charge in [-0.05, 0) is 47.7 Å². The number of hydrogen-bond donors (Lipinski definition) is 0. The number of benzene rings is 2. The lowest BCUT2D eigenvalue weighted by molar-refractivity contribution is 0.202. The van der Waals surface area contributed by atoms with Gasteiger partial charge in [-0.15, -0.1) is 0 Å². The Labute approximate surface area is 138 Å². The molecule has 2 aromatic rings. The molecule has 0 saturated carbocycles. The summed E-state index contributed by atoms with van der Waals surface area (Å²) >= 11 is 0. The fourth-order valence-corrected chi connectivity index (χ4v) is 3.06. The van der Waals surface area contributed by atoms with Crippen LogP contribution >= 0.6 is 0 Å². The third-order valence-electron chi connectivity index (χ3n) is 3.56. The largest absolute Gasteiger partial charge is 0.384 e. The van der Waals surface area contributed by atoms with Crippen LogP contribution in [0.3, 0.4) is 0 Å². The maximum atomic E-state index is 12.3. The second-order valence-electron chi connectivity index (χ2n) is 5.65. The lowest BCUT2D eigenvalue weighted by Gasteiger charge is -2.09. The Kier molecular flexibility index (Phi) is 5.80. The van der Waals surface area contributed by atoms with E-state index in [1.807, 2.05) is 24.3 Å². The van der Waals surface area contributed by atoms with Crippen LogP contribution in [-0.4, -0.2) is 22.1 Å². The highest BCUT2D eigenvalue weighted by Crippen LogP contribution is 2.21. The van der Waals surface area contributed by atoms with Crippen LogP contribution in [0.1, 0.15) is 30.9 Å². The van der Waals surface area contributed by atoms with Crippen LogP contribution in [0.2, 0.25) is 0 Å². The summed E-state index contributed by atoms with van der Waals surface area (Å²) < 4.78 is 34.8. The maximum absolute atomic E-state index is 12.3. The highest BCUT2D eigenvalue weighted by atomic mass is 32.2. The molecule has 0 N–H and O–H groups in total. The molecular weight excluding hydrogens is 312 g/mol. The van der Waals surface area contributed by atoms with E-state index in [0.29, 0.717) is 18.3 Å². The van der Waals surface area contributed by atoms with Gasteiger partial charge in [0.25, 0.3) is 0 Å². The molecule has 0 unspecified atom stereocenters. The van der Waals surface area contributed by atoms with Gasteiger partial charge < -0.3 is 8.92 Å². The Morgan fingerprint density at radius 2 is 1.57 bits per heavy atom. The van der Waals surface area contributed by atoms with Crippen LogP contribution in [0, 0.1) is 0 Å². The standard InChI is InChI=1S/C18H22O4S/c1-14(2)16-6-10-18(11-7-16)23(19,20)22-17-8-4-15(5-9-17)12-13-21-3/h4-11,14H,12-13H2,1-3H3. The summed E-state index contributed by atoms with van der Waals surface area (Å²) in [7, 11) is -2.16. The summed E-state index contributed by atoms with van der Waals surface area (Å²) in [4.78, 5) is 0.158. The van der Waals surface area contributed by atoms with E-state index in [2.05, 4.69) is 13.8 Å². The first kappa shape index (κ1) is 17.5. The summed E-state index contributed by atoms with van der Waals surface area (Å²) in [6, 6.07) is 13.8. The predicted octanol–water partition coefficient (Wildman–Crippen LogP) is 3.77. The molecule has 0 aliphatic rings. The molecule has 23 heavy (non-hydrogen) atoms. The molecule has 0 heterocycles. The summed E-state index contributed by atoms with van der Waals surface area (Å²) in [5, 5.41) is 0. The molecule has 0 saturated heterocycles. The fraction of sp³-hybridized carbons (Fsp3) is 0.333. The molecule has 0 amide bonds. The second-order valence-corrected chi connectivity index (χ2v) is 7.19. The predicted molar refractivity (Wildman–Crippen MR) is 90.4 cm³/mol. The molecule has 0 fully saturated rings. The summed E-state index contributed by atoms with van der Waals surface area (Å²) in [6.45, 7) is 4.75. The molecule has 2 rings (SSSR count). The number of rotatable bonds is 7. The van der Waals surface area contributed by atoms with Crippen LogP contribution in [0.5, 0.6) is 5.75 Å². The highest BCUT2D eigenvalue weighted by molar-refractivity contribution is 7.87. The lowest BCUT2D eigenvalue weighted by Crippen LogP contribution is -2.10. The second kappa shape index (κ2) is 7.62. The molecule has 0 radical (unpaired) electrons. The van der Waals surface area contributed by atoms with Crippen LogP contribution in [0.25, 0.3) is 0 Å². The van der Waals surface area contributed by atoms with Crippen molar-refractivity contribution in [3.05, 3.63) is 59.7 Å². The average Bonchev–Trinajstić information content (AvgIpc) is 2.54. The van der Waals surface area contributed by atoms with Crippen molar-refractivity contribution in [1.82, 2.24) is 0 Å². The molecule has 0 aliphatic heterocycles.